The van der Waals surface area contributed by atoms with Crippen LogP contribution in [0.1, 0.15) is 41.0 Å². The van der Waals surface area contributed by atoms with E-state index in [1.807, 2.05) is 60.9 Å². The average Bonchev–Trinajstić information content (AvgIpc) is 3.28. The van der Waals surface area contributed by atoms with Crippen molar-refractivity contribution in [2.45, 2.75) is 44.1 Å². The van der Waals surface area contributed by atoms with Gasteiger partial charge in [0.2, 0.25) is 5.91 Å². The van der Waals surface area contributed by atoms with Crippen LogP contribution >= 0.6 is 23.4 Å². The largest absolute Gasteiger partial charge is 0.497 e. The molecule has 1 aromatic heterocycles. The molecular formula is C28H29ClN4O2S. The van der Waals surface area contributed by atoms with Crippen LogP contribution in [-0.4, -0.2) is 27.8 Å². The van der Waals surface area contributed by atoms with E-state index in [1.54, 1.807) is 18.9 Å². The third-order valence-corrected chi connectivity index (χ3v) is 7.04. The third kappa shape index (κ3) is 6.28. The third-order valence-electron chi connectivity index (χ3n) is 5.81. The van der Waals surface area contributed by atoms with Crippen LogP contribution in [0.25, 0.3) is 5.69 Å². The van der Waals surface area contributed by atoms with Gasteiger partial charge in [-0.1, -0.05) is 71.4 Å². The van der Waals surface area contributed by atoms with Crippen LogP contribution in [0.2, 0.25) is 5.02 Å². The number of aryl methyl sites for hydroxylation is 2. The zero-order chi connectivity index (χ0) is 25.7. The molecule has 4 aromatic rings. The highest BCUT2D eigenvalue weighted by atomic mass is 35.5. The standard InChI is InChI=1S/C28H29ClN4O2S/c1-18-6-5-7-22(14-18)17-36-28-32-31-27(33(28)25-16-23(29)11-8-19(25)2)20(3)30-26(34)15-21-9-12-24(35-4)13-10-21/h5-14,16,20H,15,17H2,1-4H3,(H,30,34). The molecule has 0 saturated carbocycles. The summed E-state index contributed by atoms with van der Waals surface area (Å²) in [6, 6.07) is 21.3. The second-order valence-corrected chi connectivity index (χ2v) is 10.1. The van der Waals surface area contributed by atoms with Gasteiger partial charge in [0.25, 0.3) is 0 Å². The lowest BCUT2D eigenvalue weighted by atomic mass is 10.1. The number of hydrogen-bond acceptors (Lipinski definition) is 5. The van der Waals surface area contributed by atoms with E-state index in [4.69, 9.17) is 16.3 Å². The van der Waals surface area contributed by atoms with Crippen LogP contribution in [-0.2, 0) is 17.0 Å². The fraction of sp³-hybridized carbons (Fsp3) is 0.250. The molecule has 1 atom stereocenters. The normalized spacial score (nSPS) is 11.8. The molecule has 0 aliphatic carbocycles. The van der Waals surface area contributed by atoms with Crippen LogP contribution in [0, 0.1) is 13.8 Å². The van der Waals surface area contributed by atoms with Crippen LogP contribution in [0.4, 0.5) is 0 Å². The van der Waals surface area contributed by atoms with Gasteiger partial charge in [-0.15, -0.1) is 10.2 Å². The predicted molar refractivity (Wildman–Crippen MR) is 145 cm³/mol. The highest BCUT2D eigenvalue weighted by molar-refractivity contribution is 7.98. The number of carbonyl (C=O) groups excluding carboxylic acids is 1. The first kappa shape index (κ1) is 25.8. The monoisotopic (exact) mass is 520 g/mol. The molecule has 0 radical (unpaired) electrons. The molecule has 4 rings (SSSR count). The number of aromatic nitrogens is 3. The maximum absolute atomic E-state index is 12.8. The number of thioether (sulfide) groups is 1. The summed E-state index contributed by atoms with van der Waals surface area (Å²) in [6.45, 7) is 6.03. The quantitative estimate of drug-likeness (QED) is 0.264. The molecule has 8 heteroatoms. The first-order chi connectivity index (χ1) is 17.3. The Hall–Kier alpha value is -3.29. The first-order valence-corrected chi connectivity index (χ1v) is 13.0. The first-order valence-electron chi connectivity index (χ1n) is 11.7. The lowest BCUT2D eigenvalue weighted by Crippen LogP contribution is -2.30. The number of halogens is 1. The molecule has 1 heterocycles. The van der Waals surface area contributed by atoms with E-state index >= 15 is 0 Å². The number of carbonyl (C=O) groups is 1. The second-order valence-electron chi connectivity index (χ2n) is 8.70. The number of methoxy groups -OCH3 is 1. The topological polar surface area (TPSA) is 69.0 Å². The molecule has 3 aromatic carbocycles. The van der Waals surface area contributed by atoms with E-state index in [0.29, 0.717) is 10.8 Å². The lowest BCUT2D eigenvalue weighted by Gasteiger charge is -2.18. The van der Waals surface area contributed by atoms with Crippen LogP contribution < -0.4 is 10.1 Å². The van der Waals surface area contributed by atoms with E-state index in [-0.39, 0.29) is 18.4 Å². The van der Waals surface area contributed by atoms with Crippen molar-refractivity contribution in [3.63, 3.8) is 0 Å². The van der Waals surface area contributed by atoms with E-state index < -0.39 is 0 Å². The Morgan fingerprint density at radius 1 is 1.06 bits per heavy atom. The van der Waals surface area contributed by atoms with E-state index in [2.05, 4.69) is 46.7 Å². The summed E-state index contributed by atoms with van der Waals surface area (Å²) in [5.74, 6) is 2.06. The van der Waals surface area contributed by atoms with Crippen molar-refractivity contribution >= 4 is 29.3 Å². The molecule has 6 nitrogen and oxygen atoms in total. The summed E-state index contributed by atoms with van der Waals surface area (Å²) >= 11 is 7.97. The van der Waals surface area contributed by atoms with Gasteiger partial charge < -0.3 is 10.1 Å². The second kappa shape index (κ2) is 11.6. The zero-order valence-electron chi connectivity index (χ0n) is 20.8. The molecule has 1 N–H and O–H groups in total. The SMILES string of the molecule is COc1ccc(CC(=O)NC(C)c2nnc(SCc3cccc(C)c3)n2-c2cc(Cl)ccc2C)cc1. The van der Waals surface area contributed by atoms with Gasteiger partial charge in [0.1, 0.15) is 5.75 Å². The summed E-state index contributed by atoms with van der Waals surface area (Å²) in [5.41, 5.74) is 5.26. The van der Waals surface area contributed by atoms with Crippen molar-refractivity contribution in [2.75, 3.05) is 7.11 Å². The maximum atomic E-state index is 12.8. The Morgan fingerprint density at radius 3 is 2.56 bits per heavy atom. The number of amides is 1. The molecule has 0 bridgehead atoms. The summed E-state index contributed by atoms with van der Waals surface area (Å²) < 4.78 is 7.20. The van der Waals surface area contributed by atoms with Crippen molar-refractivity contribution in [3.8, 4) is 11.4 Å². The molecule has 186 valence electrons. The number of ether oxygens (including phenoxy) is 1. The highest BCUT2D eigenvalue weighted by Gasteiger charge is 2.22. The van der Waals surface area contributed by atoms with E-state index in [1.165, 1.54) is 11.1 Å². The summed E-state index contributed by atoms with van der Waals surface area (Å²) in [7, 11) is 1.62. The Balaban J connectivity index is 1.59. The number of hydrogen-bond donors (Lipinski definition) is 1. The van der Waals surface area contributed by atoms with Crippen LogP contribution in [0.3, 0.4) is 0 Å². The Bertz CT molecular complexity index is 1350. The summed E-state index contributed by atoms with van der Waals surface area (Å²) in [6.07, 6.45) is 0.258. The predicted octanol–water partition coefficient (Wildman–Crippen LogP) is 6.26. The summed E-state index contributed by atoms with van der Waals surface area (Å²) in [5, 5.41) is 13.4. The van der Waals surface area contributed by atoms with Crippen molar-refractivity contribution in [1.29, 1.82) is 0 Å². The Labute approximate surface area is 221 Å². The minimum Gasteiger partial charge on any atom is -0.497 e. The van der Waals surface area contributed by atoms with Crippen molar-refractivity contribution in [1.82, 2.24) is 20.1 Å². The fourth-order valence-corrected chi connectivity index (χ4v) is 5.00. The van der Waals surface area contributed by atoms with E-state index in [9.17, 15) is 4.79 Å². The van der Waals surface area contributed by atoms with Crippen molar-refractivity contribution < 1.29 is 9.53 Å². The fourth-order valence-electron chi connectivity index (χ4n) is 3.94. The van der Waals surface area contributed by atoms with Crippen molar-refractivity contribution in [3.05, 3.63) is 99.8 Å². The van der Waals surface area contributed by atoms with E-state index in [0.717, 1.165) is 33.5 Å². The van der Waals surface area contributed by atoms with Gasteiger partial charge in [0.15, 0.2) is 11.0 Å². The maximum Gasteiger partial charge on any atom is 0.224 e. The Kier molecular flexibility index (Phi) is 8.33. The minimum atomic E-state index is -0.366. The number of benzene rings is 3. The molecule has 0 fully saturated rings. The number of nitrogens with zero attached hydrogens (tertiary/aromatic N) is 3. The van der Waals surface area contributed by atoms with Gasteiger partial charge in [-0.25, -0.2) is 0 Å². The number of rotatable bonds is 9. The van der Waals surface area contributed by atoms with Gasteiger partial charge in [-0.05, 0) is 61.7 Å². The van der Waals surface area contributed by atoms with Gasteiger partial charge in [-0.2, -0.15) is 0 Å². The molecule has 0 aliphatic rings. The number of nitrogens with one attached hydrogen (secondary N) is 1. The highest BCUT2D eigenvalue weighted by Crippen LogP contribution is 2.30. The molecule has 0 aliphatic heterocycles. The van der Waals surface area contributed by atoms with Crippen molar-refractivity contribution in [2.24, 2.45) is 0 Å². The summed E-state index contributed by atoms with van der Waals surface area (Å²) in [4.78, 5) is 12.8. The Morgan fingerprint density at radius 2 is 1.83 bits per heavy atom. The molecular weight excluding hydrogens is 492 g/mol. The van der Waals surface area contributed by atoms with Gasteiger partial charge in [0.05, 0.1) is 25.3 Å². The lowest BCUT2D eigenvalue weighted by molar-refractivity contribution is -0.121. The molecule has 1 amide bonds. The van der Waals surface area contributed by atoms with Crippen LogP contribution in [0.5, 0.6) is 5.75 Å². The molecule has 0 spiro atoms. The van der Waals surface area contributed by atoms with Gasteiger partial charge in [-0.3, -0.25) is 9.36 Å². The van der Waals surface area contributed by atoms with Crippen LogP contribution in [0.15, 0.2) is 71.9 Å². The zero-order valence-corrected chi connectivity index (χ0v) is 22.4. The average molecular weight is 521 g/mol. The van der Waals surface area contributed by atoms with Gasteiger partial charge >= 0.3 is 0 Å². The minimum absolute atomic E-state index is 0.0982. The molecule has 1 unspecified atom stereocenters. The molecule has 0 saturated heterocycles. The smallest absolute Gasteiger partial charge is 0.224 e. The molecule has 36 heavy (non-hydrogen) atoms. The van der Waals surface area contributed by atoms with Gasteiger partial charge in [0, 0.05) is 10.8 Å².